The van der Waals surface area contributed by atoms with Gasteiger partial charge in [0.1, 0.15) is 11.6 Å². The van der Waals surface area contributed by atoms with Gasteiger partial charge in [0.25, 0.3) is 0 Å². The number of anilines is 1. The normalized spacial score (nSPS) is 15.3. The minimum absolute atomic E-state index is 0.168. The molecule has 1 aliphatic heterocycles. The second kappa shape index (κ2) is 8.92. The zero-order valence-corrected chi connectivity index (χ0v) is 18.5. The van der Waals surface area contributed by atoms with Crippen molar-refractivity contribution < 1.29 is 9.90 Å². The Labute approximate surface area is 183 Å². The van der Waals surface area contributed by atoms with Crippen LogP contribution in [0.2, 0.25) is 0 Å². The van der Waals surface area contributed by atoms with Gasteiger partial charge in [-0.3, -0.25) is 4.79 Å². The Morgan fingerprint density at radius 3 is 2.55 bits per heavy atom. The van der Waals surface area contributed by atoms with Crippen LogP contribution in [-0.2, 0) is 4.79 Å². The number of aromatic hydroxyl groups is 1. The van der Waals surface area contributed by atoms with Gasteiger partial charge in [-0.2, -0.15) is 0 Å². The smallest absolute Gasteiger partial charge is 0.222 e. The van der Waals surface area contributed by atoms with Crippen molar-refractivity contribution in [2.24, 2.45) is 5.92 Å². The first-order chi connectivity index (χ1) is 15.0. The van der Waals surface area contributed by atoms with E-state index in [4.69, 9.17) is 9.97 Å². The highest BCUT2D eigenvalue weighted by Crippen LogP contribution is 2.32. The molecule has 0 saturated carbocycles. The highest BCUT2D eigenvalue weighted by molar-refractivity contribution is 5.92. The number of nitrogens with zero attached hydrogens (tertiary/aromatic N) is 4. The Morgan fingerprint density at radius 2 is 1.84 bits per heavy atom. The summed E-state index contributed by atoms with van der Waals surface area (Å²) in [5.41, 5.74) is 2.61. The van der Waals surface area contributed by atoms with Gasteiger partial charge < -0.3 is 14.9 Å². The number of piperazine rings is 1. The van der Waals surface area contributed by atoms with E-state index < -0.39 is 0 Å². The third-order valence-corrected chi connectivity index (χ3v) is 6.13. The number of aryl methyl sites for hydroxylation is 1. The van der Waals surface area contributed by atoms with E-state index in [-0.39, 0.29) is 11.7 Å². The summed E-state index contributed by atoms with van der Waals surface area (Å²) in [5.74, 6) is 2.20. The molecule has 1 atom stereocenters. The van der Waals surface area contributed by atoms with Crippen LogP contribution in [0.4, 0.5) is 5.82 Å². The van der Waals surface area contributed by atoms with E-state index in [1.807, 2.05) is 24.0 Å². The maximum absolute atomic E-state index is 12.6. The number of aromatic nitrogens is 2. The molecule has 6 nitrogen and oxygen atoms in total. The van der Waals surface area contributed by atoms with E-state index >= 15 is 0 Å². The quantitative estimate of drug-likeness (QED) is 0.665. The molecule has 0 radical (unpaired) electrons. The molecule has 0 aliphatic carbocycles. The Hall–Kier alpha value is -3.15. The maximum Gasteiger partial charge on any atom is 0.222 e. The number of benzene rings is 2. The molecule has 0 bridgehead atoms. The van der Waals surface area contributed by atoms with Crippen LogP contribution in [0.15, 0.2) is 42.5 Å². The third-order valence-electron chi connectivity index (χ3n) is 6.13. The molecular weight excluding hydrogens is 388 g/mol. The molecule has 162 valence electrons. The predicted molar refractivity (Wildman–Crippen MR) is 124 cm³/mol. The summed E-state index contributed by atoms with van der Waals surface area (Å²) in [6.07, 6.45) is 1.64. The average molecular weight is 419 g/mol. The molecule has 1 aromatic heterocycles. The van der Waals surface area contributed by atoms with Crippen molar-refractivity contribution in [1.29, 1.82) is 0 Å². The van der Waals surface area contributed by atoms with Crippen LogP contribution >= 0.6 is 0 Å². The van der Waals surface area contributed by atoms with Crippen LogP contribution < -0.4 is 4.90 Å². The second-order valence-electron chi connectivity index (χ2n) is 8.49. The fourth-order valence-corrected chi connectivity index (χ4v) is 3.99. The second-order valence-corrected chi connectivity index (χ2v) is 8.49. The van der Waals surface area contributed by atoms with Gasteiger partial charge in [0.15, 0.2) is 5.82 Å². The topological polar surface area (TPSA) is 69.6 Å². The third kappa shape index (κ3) is 4.48. The molecule has 1 unspecified atom stereocenters. The van der Waals surface area contributed by atoms with Gasteiger partial charge in [-0.05, 0) is 42.7 Å². The molecule has 1 saturated heterocycles. The van der Waals surface area contributed by atoms with Gasteiger partial charge in [0, 0.05) is 38.0 Å². The number of carbonyl (C=O) groups is 1. The largest absolute Gasteiger partial charge is 0.507 e. The Kier molecular flexibility index (Phi) is 6.07. The van der Waals surface area contributed by atoms with E-state index in [9.17, 15) is 9.90 Å². The average Bonchev–Trinajstić information content (AvgIpc) is 2.78. The maximum atomic E-state index is 12.6. The molecule has 1 amide bonds. The van der Waals surface area contributed by atoms with Crippen molar-refractivity contribution in [2.45, 2.75) is 33.6 Å². The summed E-state index contributed by atoms with van der Waals surface area (Å²) < 4.78 is 0. The first-order valence-electron chi connectivity index (χ1n) is 11.1. The summed E-state index contributed by atoms with van der Waals surface area (Å²) in [5, 5.41) is 11.3. The SMILES string of the molecule is CCC(C)CC(=O)N1CCN(c2nc(-c3ccccc3O)nc3cc(C)ccc23)CC1. The number of hydrogen-bond acceptors (Lipinski definition) is 5. The fraction of sp³-hybridized carbons (Fsp3) is 0.400. The van der Waals surface area contributed by atoms with Crippen LogP contribution in [0.1, 0.15) is 32.3 Å². The lowest BCUT2D eigenvalue weighted by Crippen LogP contribution is -2.49. The molecule has 2 heterocycles. The van der Waals surface area contributed by atoms with Crippen LogP contribution in [0.5, 0.6) is 5.75 Å². The summed E-state index contributed by atoms with van der Waals surface area (Å²) in [6.45, 7) is 9.14. The Morgan fingerprint density at radius 1 is 1.10 bits per heavy atom. The van der Waals surface area contributed by atoms with Gasteiger partial charge in [-0.15, -0.1) is 0 Å². The van der Waals surface area contributed by atoms with E-state index in [1.54, 1.807) is 12.1 Å². The van der Waals surface area contributed by atoms with E-state index in [0.29, 0.717) is 36.8 Å². The van der Waals surface area contributed by atoms with Crippen molar-refractivity contribution in [3.8, 4) is 17.1 Å². The van der Waals surface area contributed by atoms with E-state index in [0.717, 1.165) is 41.8 Å². The van der Waals surface area contributed by atoms with Gasteiger partial charge in [0.05, 0.1) is 11.1 Å². The molecule has 1 fully saturated rings. The number of amides is 1. The van der Waals surface area contributed by atoms with Crippen molar-refractivity contribution in [3.05, 3.63) is 48.0 Å². The number of para-hydroxylation sites is 1. The van der Waals surface area contributed by atoms with Crippen molar-refractivity contribution in [2.75, 3.05) is 31.1 Å². The van der Waals surface area contributed by atoms with E-state index in [2.05, 4.69) is 36.9 Å². The molecule has 0 spiro atoms. The number of phenols is 1. The fourth-order valence-electron chi connectivity index (χ4n) is 3.99. The molecule has 6 heteroatoms. The highest BCUT2D eigenvalue weighted by atomic mass is 16.3. The zero-order valence-electron chi connectivity index (χ0n) is 18.5. The van der Waals surface area contributed by atoms with Gasteiger partial charge in [0.2, 0.25) is 5.91 Å². The number of carbonyl (C=O) groups excluding carboxylic acids is 1. The van der Waals surface area contributed by atoms with Gasteiger partial charge >= 0.3 is 0 Å². The number of phenolic OH excluding ortho intramolecular Hbond substituents is 1. The molecule has 31 heavy (non-hydrogen) atoms. The molecule has 3 aromatic rings. The predicted octanol–water partition coefficient (Wildman–Crippen LogP) is 4.40. The number of hydrogen-bond donors (Lipinski definition) is 1. The van der Waals surface area contributed by atoms with Crippen molar-refractivity contribution >= 4 is 22.6 Å². The van der Waals surface area contributed by atoms with Crippen molar-refractivity contribution in [1.82, 2.24) is 14.9 Å². The summed E-state index contributed by atoms with van der Waals surface area (Å²) in [7, 11) is 0. The lowest BCUT2D eigenvalue weighted by atomic mass is 10.0. The summed E-state index contributed by atoms with van der Waals surface area (Å²) in [4.78, 5) is 26.4. The molecule has 1 N–H and O–H groups in total. The summed E-state index contributed by atoms with van der Waals surface area (Å²) >= 11 is 0. The first kappa shape index (κ1) is 21.1. The highest BCUT2D eigenvalue weighted by Gasteiger charge is 2.25. The lowest BCUT2D eigenvalue weighted by molar-refractivity contribution is -0.132. The van der Waals surface area contributed by atoms with Gasteiger partial charge in [-0.1, -0.05) is 38.5 Å². The summed E-state index contributed by atoms with van der Waals surface area (Å²) in [6, 6.07) is 13.3. The van der Waals surface area contributed by atoms with Crippen molar-refractivity contribution in [3.63, 3.8) is 0 Å². The minimum Gasteiger partial charge on any atom is -0.507 e. The van der Waals surface area contributed by atoms with Crippen LogP contribution in [-0.4, -0.2) is 52.1 Å². The monoisotopic (exact) mass is 418 g/mol. The molecule has 1 aliphatic rings. The Balaban J connectivity index is 1.65. The van der Waals surface area contributed by atoms with Crippen LogP contribution in [0.3, 0.4) is 0 Å². The standard InChI is InChI=1S/C25H30N4O2/c1-4-17(2)16-23(31)28-11-13-29(14-12-28)25-19-10-9-18(3)15-21(19)26-24(27-25)20-7-5-6-8-22(20)30/h5-10,15,17,30H,4,11-14,16H2,1-3H3. The zero-order chi connectivity index (χ0) is 22.0. The number of rotatable bonds is 5. The van der Waals surface area contributed by atoms with Crippen LogP contribution in [0, 0.1) is 12.8 Å². The molecule has 4 rings (SSSR count). The van der Waals surface area contributed by atoms with Crippen LogP contribution in [0.25, 0.3) is 22.3 Å². The molecular formula is C25H30N4O2. The first-order valence-corrected chi connectivity index (χ1v) is 11.1. The Bertz CT molecular complexity index is 1090. The molecule has 2 aromatic carbocycles. The van der Waals surface area contributed by atoms with Gasteiger partial charge in [-0.25, -0.2) is 9.97 Å². The minimum atomic E-state index is 0.168. The van der Waals surface area contributed by atoms with E-state index in [1.165, 1.54) is 0 Å². The lowest BCUT2D eigenvalue weighted by Gasteiger charge is -2.36. The number of fused-ring (bicyclic) bond motifs is 1.